The fraction of sp³-hybridized carbons (Fsp3) is 0.500. The van der Waals surface area contributed by atoms with Crippen LogP contribution in [-0.2, 0) is 16.1 Å². The van der Waals surface area contributed by atoms with Gasteiger partial charge in [-0.3, -0.25) is 14.2 Å². The number of hydrogen-bond donors (Lipinski definition) is 1. The van der Waals surface area contributed by atoms with E-state index in [-0.39, 0.29) is 17.6 Å². The molecule has 6 heteroatoms. The van der Waals surface area contributed by atoms with Gasteiger partial charge in [0.1, 0.15) is 5.82 Å². The largest absolute Gasteiger partial charge is 0.376 e. The molecule has 1 atom stereocenters. The summed E-state index contributed by atoms with van der Waals surface area (Å²) in [4.78, 5) is 28.9. The maximum absolute atomic E-state index is 12.5. The second-order valence-corrected chi connectivity index (χ2v) is 6.18. The Morgan fingerprint density at radius 1 is 1.42 bits per heavy atom. The summed E-state index contributed by atoms with van der Waals surface area (Å²) in [5.74, 6) is 0.684. The third-order valence-electron chi connectivity index (χ3n) is 4.39. The molecule has 1 N–H and O–H groups in total. The average Bonchev–Trinajstić information content (AvgIpc) is 3.09. The van der Waals surface area contributed by atoms with Gasteiger partial charge in [0.2, 0.25) is 5.91 Å². The molecule has 2 heterocycles. The van der Waals surface area contributed by atoms with E-state index < -0.39 is 0 Å². The molecule has 24 heavy (non-hydrogen) atoms. The first kappa shape index (κ1) is 16.6. The van der Waals surface area contributed by atoms with Crippen LogP contribution in [0.15, 0.2) is 29.1 Å². The predicted octanol–water partition coefficient (Wildman–Crippen LogP) is 1.78. The number of aryl methyl sites for hydroxylation is 1. The zero-order valence-electron chi connectivity index (χ0n) is 14.0. The molecule has 1 aliphatic heterocycles. The van der Waals surface area contributed by atoms with Crippen molar-refractivity contribution in [1.82, 2.24) is 14.9 Å². The highest BCUT2D eigenvalue weighted by Gasteiger charge is 2.16. The van der Waals surface area contributed by atoms with Crippen LogP contribution < -0.4 is 10.9 Å². The van der Waals surface area contributed by atoms with Gasteiger partial charge in [0, 0.05) is 26.1 Å². The Hall–Kier alpha value is -2.21. The van der Waals surface area contributed by atoms with Gasteiger partial charge >= 0.3 is 0 Å². The monoisotopic (exact) mass is 329 g/mol. The molecule has 0 aliphatic carbocycles. The summed E-state index contributed by atoms with van der Waals surface area (Å²) in [6, 6.07) is 7.34. The SMILES string of the molecule is Cc1nc2ccccc2c(=O)n1CCCC(=O)NC[C@@H]1CCCO1. The Kier molecular flexibility index (Phi) is 5.25. The summed E-state index contributed by atoms with van der Waals surface area (Å²) < 4.78 is 7.13. The average molecular weight is 329 g/mol. The summed E-state index contributed by atoms with van der Waals surface area (Å²) in [5.41, 5.74) is 0.670. The molecule has 1 amide bonds. The fourth-order valence-electron chi connectivity index (χ4n) is 3.06. The summed E-state index contributed by atoms with van der Waals surface area (Å²) >= 11 is 0. The highest BCUT2D eigenvalue weighted by atomic mass is 16.5. The van der Waals surface area contributed by atoms with Crippen LogP contribution in [0.2, 0.25) is 0 Å². The molecule has 1 aromatic carbocycles. The van der Waals surface area contributed by atoms with Crippen molar-refractivity contribution in [3.63, 3.8) is 0 Å². The van der Waals surface area contributed by atoms with Crippen molar-refractivity contribution in [2.24, 2.45) is 0 Å². The minimum Gasteiger partial charge on any atom is -0.376 e. The maximum Gasteiger partial charge on any atom is 0.261 e. The van der Waals surface area contributed by atoms with E-state index in [1.165, 1.54) is 0 Å². The molecule has 0 unspecified atom stereocenters. The number of benzene rings is 1. The second kappa shape index (κ2) is 7.57. The molecule has 3 rings (SSSR count). The molecule has 128 valence electrons. The molecule has 1 saturated heterocycles. The first-order valence-corrected chi connectivity index (χ1v) is 8.49. The van der Waals surface area contributed by atoms with Crippen molar-refractivity contribution in [3.8, 4) is 0 Å². The molecule has 0 bridgehead atoms. The smallest absolute Gasteiger partial charge is 0.261 e. The van der Waals surface area contributed by atoms with Crippen LogP contribution in [0, 0.1) is 6.92 Å². The van der Waals surface area contributed by atoms with Crippen molar-refractivity contribution in [3.05, 3.63) is 40.4 Å². The van der Waals surface area contributed by atoms with Crippen molar-refractivity contribution in [2.45, 2.75) is 45.3 Å². The quantitative estimate of drug-likeness (QED) is 0.877. The van der Waals surface area contributed by atoms with Crippen LogP contribution in [-0.4, -0.2) is 34.7 Å². The third-order valence-corrected chi connectivity index (χ3v) is 4.39. The molecule has 1 fully saturated rings. The van der Waals surface area contributed by atoms with E-state index in [1.54, 1.807) is 10.6 Å². The van der Waals surface area contributed by atoms with Gasteiger partial charge in [0.05, 0.1) is 17.0 Å². The van der Waals surface area contributed by atoms with Gasteiger partial charge in [-0.25, -0.2) is 4.98 Å². The number of hydrogen-bond acceptors (Lipinski definition) is 4. The Morgan fingerprint density at radius 2 is 2.25 bits per heavy atom. The minimum absolute atomic E-state index is 0.00458. The number of para-hydroxylation sites is 1. The van der Waals surface area contributed by atoms with E-state index in [2.05, 4.69) is 10.3 Å². The summed E-state index contributed by atoms with van der Waals surface area (Å²) in [6.07, 6.45) is 3.24. The van der Waals surface area contributed by atoms with E-state index in [4.69, 9.17) is 4.74 Å². The van der Waals surface area contributed by atoms with E-state index in [0.717, 1.165) is 19.4 Å². The fourth-order valence-corrected chi connectivity index (χ4v) is 3.06. The lowest BCUT2D eigenvalue weighted by atomic mass is 10.2. The van der Waals surface area contributed by atoms with Crippen molar-refractivity contribution in [1.29, 1.82) is 0 Å². The number of rotatable bonds is 6. The van der Waals surface area contributed by atoms with Crippen LogP contribution >= 0.6 is 0 Å². The lowest BCUT2D eigenvalue weighted by molar-refractivity contribution is -0.121. The van der Waals surface area contributed by atoms with Crippen molar-refractivity contribution in [2.75, 3.05) is 13.2 Å². The van der Waals surface area contributed by atoms with Gasteiger partial charge in [0.25, 0.3) is 5.56 Å². The van der Waals surface area contributed by atoms with Gasteiger partial charge < -0.3 is 10.1 Å². The number of nitrogens with one attached hydrogen (secondary N) is 1. The molecular formula is C18H23N3O3. The first-order chi connectivity index (χ1) is 11.6. The molecule has 0 radical (unpaired) electrons. The third kappa shape index (κ3) is 3.82. The van der Waals surface area contributed by atoms with Crippen LogP contribution in [0.5, 0.6) is 0 Å². The van der Waals surface area contributed by atoms with E-state index >= 15 is 0 Å². The Bertz CT molecular complexity index is 779. The number of fused-ring (bicyclic) bond motifs is 1. The van der Waals surface area contributed by atoms with Gasteiger partial charge in [-0.05, 0) is 38.3 Å². The zero-order valence-corrected chi connectivity index (χ0v) is 14.0. The van der Waals surface area contributed by atoms with Crippen LogP contribution in [0.25, 0.3) is 10.9 Å². The summed E-state index contributed by atoms with van der Waals surface area (Å²) in [7, 11) is 0. The predicted molar refractivity (Wildman–Crippen MR) is 92.0 cm³/mol. The van der Waals surface area contributed by atoms with Gasteiger partial charge in [-0.2, -0.15) is 0 Å². The maximum atomic E-state index is 12.5. The number of aromatic nitrogens is 2. The molecule has 2 aromatic rings. The van der Waals surface area contributed by atoms with Crippen LogP contribution in [0.1, 0.15) is 31.5 Å². The number of ether oxygens (including phenoxy) is 1. The summed E-state index contributed by atoms with van der Waals surface area (Å²) in [6.45, 7) is 3.69. The Balaban J connectivity index is 1.55. The zero-order chi connectivity index (χ0) is 16.9. The standard InChI is InChI=1S/C18H23N3O3/c1-13-20-16-8-3-2-7-15(16)18(23)21(13)10-4-9-17(22)19-12-14-6-5-11-24-14/h2-3,7-8,14H,4-6,9-12H2,1H3,(H,19,22)/t14-/m0/s1. The molecule has 1 aromatic heterocycles. The molecule has 6 nitrogen and oxygen atoms in total. The molecular weight excluding hydrogens is 306 g/mol. The van der Waals surface area contributed by atoms with Gasteiger partial charge in [-0.15, -0.1) is 0 Å². The van der Waals surface area contributed by atoms with Crippen LogP contribution in [0.3, 0.4) is 0 Å². The topological polar surface area (TPSA) is 73.2 Å². The molecule has 0 saturated carbocycles. The number of nitrogens with zero attached hydrogens (tertiary/aromatic N) is 2. The minimum atomic E-state index is -0.0436. The molecule has 0 spiro atoms. The normalized spacial score (nSPS) is 17.3. The lowest BCUT2D eigenvalue weighted by Crippen LogP contribution is -2.32. The highest BCUT2D eigenvalue weighted by Crippen LogP contribution is 2.11. The van der Waals surface area contributed by atoms with E-state index in [0.29, 0.717) is 42.7 Å². The lowest BCUT2D eigenvalue weighted by Gasteiger charge is -2.12. The highest BCUT2D eigenvalue weighted by molar-refractivity contribution is 5.77. The summed E-state index contributed by atoms with van der Waals surface area (Å²) in [5, 5.41) is 3.52. The van der Waals surface area contributed by atoms with E-state index in [1.807, 2.05) is 25.1 Å². The second-order valence-electron chi connectivity index (χ2n) is 6.18. The Morgan fingerprint density at radius 3 is 3.04 bits per heavy atom. The van der Waals surface area contributed by atoms with Gasteiger partial charge in [-0.1, -0.05) is 12.1 Å². The number of carbonyl (C=O) groups excluding carboxylic acids is 1. The van der Waals surface area contributed by atoms with Crippen LogP contribution in [0.4, 0.5) is 0 Å². The van der Waals surface area contributed by atoms with E-state index in [9.17, 15) is 9.59 Å². The van der Waals surface area contributed by atoms with Crippen molar-refractivity contribution >= 4 is 16.8 Å². The van der Waals surface area contributed by atoms with Gasteiger partial charge in [0.15, 0.2) is 0 Å². The van der Waals surface area contributed by atoms with Crippen molar-refractivity contribution < 1.29 is 9.53 Å². The molecule has 1 aliphatic rings. The Labute approximate surface area is 140 Å². The first-order valence-electron chi connectivity index (χ1n) is 8.49. The number of amides is 1. The number of carbonyl (C=O) groups is 1.